The van der Waals surface area contributed by atoms with Gasteiger partial charge in [-0.15, -0.1) is 0 Å². The summed E-state index contributed by atoms with van der Waals surface area (Å²) in [6.45, 7) is 2.71. The molecule has 0 aliphatic carbocycles. The molecule has 0 aliphatic rings. The molecule has 3 rings (SSSR count). The Bertz CT molecular complexity index is 670. The van der Waals surface area contributed by atoms with Crippen molar-refractivity contribution in [1.82, 2.24) is 0 Å². The average molecular weight is 222 g/mol. The summed E-state index contributed by atoms with van der Waals surface area (Å²) in [6, 6.07) is 19.0. The van der Waals surface area contributed by atoms with Crippen molar-refractivity contribution in [2.45, 2.75) is 6.92 Å². The van der Waals surface area contributed by atoms with Gasteiger partial charge in [-0.05, 0) is 29.1 Å². The molecule has 3 aromatic carbocycles. The third kappa shape index (κ3) is 1.64. The van der Waals surface area contributed by atoms with E-state index < -0.39 is 0 Å². The van der Waals surface area contributed by atoms with Gasteiger partial charge in [-0.1, -0.05) is 48.5 Å². The molecule has 0 heterocycles. The second-order valence-electron chi connectivity index (χ2n) is 4.07. The van der Waals surface area contributed by atoms with Crippen LogP contribution >= 0.6 is 0 Å². The average Bonchev–Trinajstić information content (AvgIpc) is 2.39. The molecule has 0 amide bonds. The lowest BCUT2D eigenvalue weighted by atomic mass is 10.0. The van der Waals surface area contributed by atoms with Crippen LogP contribution in [0.1, 0.15) is 6.92 Å². The van der Waals surface area contributed by atoms with Crippen molar-refractivity contribution in [3.05, 3.63) is 54.6 Å². The number of rotatable bonds is 2. The van der Waals surface area contributed by atoms with Gasteiger partial charge in [0.05, 0.1) is 6.61 Å². The zero-order valence-electron chi connectivity index (χ0n) is 9.81. The van der Waals surface area contributed by atoms with E-state index in [1.54, 1.807) is 0 Å². The highest BCUT2D eigenvalue weighted by molar-refractivity contribution is 6.09. The highest BCUT2D eigenvalue weighted by atomic mass is 16.5. The van der Waals surface area contributed by atoms with Crippen LogP contribution < -0.4 is 4.74 Å². The lowest BCUT2D eigenvalue weighted by molar-refractivity contribution is 0.344. The van der Waals surface area contributed by atoms with Gasteiger partial charge in [0, 0.05) is 5.39 Å². The van der Waals surface area contributed by atoms with Crippen LogP contribution in [0.5, 0.6) is 5.75 Å². The summed E-state index contributed by atoms with van der Waals surface area (Å²) in [4.78, 5) is 0. The van der Waals surface area contributed by atoms with Crippen molar-refractivity contribution in [3.63, 3.8) is 0 Å². The van der Waals surface area contributed by atoms with Crippen molar-refractivity contribution in [2.24, 2.45) is 0 Å². The maximum atomic E-state index is 5.67. The maximum Gasteiger partial charge on any atom is 0.127 e. The van der Waals surface area contributed by atoms with Gasteiger partial charge < -0.3 is 4.74 Å². The summed E-state index contributed by atoms with van der Waals surface area (Å²) >= 11 is 0. The van der Waals surface area contributed by atoms with E-state index in [-0.39, 0.29) is 0 Å². The molecular formula is C16H14O. The molecule has 0 saturated carbocycles. The molecule has 0 N–H and O–H groups in total. The molecule has 0 unspecified atom stereocenters. The van der Waals surface area contributed by atoms with Gasteiger partial charge >= 0.3 is 0 Å². The highest BCUT2D eigenvalue weighted by Gasteiger charge is 2.04. The van der Waals surface area contributed by atoms with Crippen LogP contribution in [0.2, 0.25) is 0 Å². The first-order chi connectivity index (χ1) is 8.40. The monoisotopic (exact) mass is 222 g/mol. The predicted molar refractivity (Wildman–Crippen MR) is 72.6 cm³/mol. The second-order valence-corrected chi connectivity index (χ2v) is 4.07. The summed E-state index contributed by atoms with van der Waals surface area (Å²) in [5.41, 5.74) is 0. The molecule has 0 saturated heterocycles. The number of hydrogen-bond donors (Lipinski definition) is 0. The minimum Gasteiger partial charge on any atom is -0.493 e. The summed E-state index contributed by atoms with van der Waals surface area (Å²) in [5.74, 6) is 0.968. The molecule has 17 heavy (non-hydrogen) atoms. The van der Waals surface area contributed by atoms with Crippen LogP contribution in [0.15, 0.2) is 54.6 Å². The summed E-state index contributed by atoms with van der Waals surface area (Å²) in [5, 5.41) is 5.00. The summed E-state index contributed by atoms with van der Waals surface area (Å²) in [7, 11) is 0. The molecule has 0 atom stereocenters. The Morgan fingerprint density at radius 3 is 2.47 bits per heavy atom. The Hall–Kier alpha value is -2.02. The van der Waals surface area contributed by atoms with E-state index >= 15 is 0 Å². The molecule has 0 bridgehead atoms. The number of benzene rings is 3. The van der Waals surface area contributed by atoms with E-state index in [1.807, 2.05) is 13.0 Å². The van der Waals surface area contributed by atoms with Gasteiger partial charge in [-0.2, -0.15) is 0 Å². The largest absolute Gasteiger partial charge is 0.493 e. The van der Waals surface area contributed by atoms with Gasteiger partial charge in [0.25, 0.3) is 0 Å². The van der Waals surface area contributed by atoms with E-state index in [4.69, 9.17) is 4.74 Å². The smallest absolute Gasteiger partial charge is 0.127 e. The zero-order valence-corrected chi connectivity index (χ0v) is 9.81. The number of hydrogen-bond acceptors (Lipinski definition) is 1. The summed E-state index contributed by atoms with van der Waals surface area (Å²) < 4.78 is 5.67. The van der Waals surface area contributed by atoms with Crippen molar-refractivity contribution >= 4 is 21.5 Å². The Morgan fingerprint density at radius 2 is 1.59 bits per heavy atom. The van der Waals surface area contributed by atoms with Crippen molar-refractivity contribution in [2.75, 3.05) is 6.61 Å². The quantitative estimate of drug-likeness (QED) is 0.584. The van der Waals surface area contributed by atoms with E-state index in [0.717, 1.165) is 5.75 Å². The molecule has 1 heteroatoms. The van der Waals surface area contributed by atoms with Crippen LogP contribution in [-0.2, 0) is 0 Å². The van der Waals surface area contributed by atoms with E-state index in [9.17, 15) is 0 Å². The fraction of sp³-hybridized carbons (Fsp3) is 0.125. The molecule has 3 aromatic rings. The third-order valence-electron chi connectivity index (χ3n) is 3.05. The minimum absolute atomic E-state index is 0.700. The maximum absolute atomic E-state index is 5.67. The van der Waals surface area contributed by atoms with Gasteiger partial charge in [-0.25, -0.2) is 0 Å². The molecule has 0 spiro atoms. The molecule has 0 fully saturated rings. The topological polar surface area (TPSA) is 9.23 Å². The normalized spacial score (nSPS) is 10.9. The fourth-order valence-corrected chi connectivity index (χ4v) is 2.29. The number of ether oxygens (including phenoxy) is 1. The molecule has 0 aromatic heterocycles. The fourth-order valence-electron chi connectivity index (χ4n) is 2.29. The van der Waals surface area contributed by atoms with Crippen LogP contribution in [0.4, 0.5) is 0 Å². The zero-order chi connectivity index (χ0) is 11.7. The summed E-state index contributed by atoms with van der Waals surface area (Å²) in [6.07, 6.45) is 0. The molecular weight excluding hydrogens is 208 g/mol. The van der Waals surface area contributed by atoms with E-state index in [1.165, 1.54) is 21.5 Å². The van der Waals surface area contributed by atoms with Gasteiger partial charge in [-0.3, -0.25) is 0 Å². The lowest BCUT2D eigenvalue weighted by Gasteiger charge is -2.09. The van der Waals surface area contributed by atoms with E-state index in [2.05, 4.69) is 48.5 Å². The van der Waals surface area contributed by atoms with Crippen molar-refractivity contribution in [1.29, 1.82) is 0 Å². The van der Waals surface area contributed by atoms with Gasteiger partial charge in [0.1, 0.15) is 5.75 Å². The van der Waals surface area contributed by atoms with Crippen LogP contribution in [0, 0.1) is 0 Å². The number of fused-ring (bicyclic) bond motifs is 3. The Balaban J connectivity index is 2.40. The molecule has 84 valence electrons. The van der Waals surface area contributed by atoms with Crippen LogP contribution in [0.3, 0.4) is 0 Å². The first-order valence-corrected chi connectivity index (χ1v) is 5.93. The first kappa shape index (κ1) is 10.2. The molecule has 0 aliphatic heterocycles. The van der Waals surface area contributed by atoms with Crippen molar-refractivity contribution in [3.8, 4) is 5.75 Å². The molecule has 1 nitrogen and oxygen atoms in total. The Kier molecular flexibility index (Phi) is 2.45. The molecule has 0 radical (unpaired) electrons. The van der Waals surface area contributed by atoms with Crippen molar-refractivity contribution < 1.29 is 4.74 Å². The van der Waals surface area contributed by atoms with Gasteiger partial charge in [0.15, 0.2) is 0 Å². The second kappa shape index (κ2) is 4.10. The third-order valence-corrected chi connectivity index (χ3v) is 3.05. The Morgan fingerprint density at radius 1 is 0.765 bits per heavy atom. The first-order valence-electron chi connectivity index (χ1n) is 5.93. The Labute approximate surface area is 101 Å². The van der Waals surface area contributed by atoms with Crippen LogP contribution in [-0.4, -0.2) is 6.61 Å². The lowest BCUT2D eigenvalue weighted by Crippen LogP contribution is -1.92. The van der Waals surface area contributed by atoms with Crippen LogP contribution in [0.25, 0.3) is 21.5 Å². The van der Waals surface area contributed by atoms with E-state index in [0.29, 0.717) is 6.61 Å². The highest BCUT2D eigenvalue weighted by Crippen LogP contribution is 2.31. The minimum atomic E-state index is 0.700. The standard InChI is InChI=1S/C16H14O/c1-2-17-16-9-5-8-14-13-7-4-3-6-12(13)10-11-15(14)16/h3-11H,2H2,1H3. The SMILES string of the molecule is CCOc1cccc2c1ccc1ccccc12. The van der Waals surface area contributed by atoms with Gasteiger partial charge in [0.2, 0.25) is 0 Å². The predicted octanol–water partition coefficient (Wildman–Crippen LogP) is 4.39.